The molecule has 0 aliphatic rings. The summed E-state index contributed by atoms with van der Waals surface area (Å²) >= 11 is 0. The number of aromatic nitrogens is 1. The molecule has 1 aromatic heterocycles. The molecule has 1 unspecified atom stereocenters. The Morgan fingerprint density at radius 3 is 2.52 bits per heavy atom. The number of hydrogen-bond donors (Lipinski definition) is 1. The molecule has 0 radical (unpaired) electrons. The molecule has 0 saturated heterocycles. The van der Waals surface area contributed by atoms with E-state index in [1.165, 1.54) is 0 Å². The van der Waals surface area contributed by atoms with Crippen LogP contribution in [0.5, 0.6) is 5.75 Å². The van der Waals surface area contributed by atoms with Crippen LogP contribution in [0, 0.1) is 6.92 Å². The summed E-state index contributed by atoms with van der Waals surface area (Å²) in [6.07, 6.45) is 0. The maximum Gasteiger partial charge on any atom is 0.257 e. The molecule has 2 aromatic carbocycles. The third-order valence-electron chi connectivity index (χ3n) is 4.09. The Kier molecular flexibility index (Phi) is 4.84. The zero-order chi connectivity index (χ0) is 17.8. The SMILES string of the molecule is COc1ccccc1C(C)NC(=O)c1c(-c2ccccc2)noc1C. The average molecular weight is 336 g/mol. The summed E-state index contributed by atoms with van der Waals surface area (Å²) in [5.41, 5.74) is 2.75. The monoisotopic (exact) mass is 336 g/mol. The first-order valence-electron chi connectivity index (χ1n) is 8.07. The lowest BCUT2D eigenvalue weighted by Gasteiger charge is -2.17. The van der Waals surface area contributed by atoms with Crippen LogP contribution in [0.4, 0.5) is 0 Å². The first-order chi connectivity index (χ1) is 12.1. The molecule has 3 aromatic rings. The van der Waals surface area contributed by atoms with Gasteiger partial charge in [-0.1, -0.05) is 53.7 Å². The lowest BCUT2D eigenvalue weighted by molar-refractivity contribution is 0.0938. The first kappa shape index (κ1) is 16.8. The highest BCUT2D eigenvalue weighted by atomic mass is 16.5. The summed E-state index contributed by atoms with van der Waals surface area (Å²) in [5.74, 6) is 1.00. The highest BCUT2D eigenvalue weighted by Crippen LogP contribution is 2.28. The van der Waals surface area contributed by atoms with Gasteiger partial charge >= 0.3 is 0 Å². The van der Waals surface area contributed by atoms with Crippen LogP contribution < -0.4 is 10.1 Å². The van der Waals surface area contributed by atoms with Crippen molar-refractivity contribution in [2.45, 2.75) is 19.9 Å². The van der Waals surface area contributed by atoms with E-state index in [4.69, 9.17) is 9.26 Å². The van der Waals surface area contributed by atoms with E-state index in [0.717, 1.165) is 16.9 Å². The lowest BCUT2D eigenvalue weighted by Crippen LogP contribution is -2.27. The van der Waals surface area contributed by atoms with Crippen LogP contribution in [-0.4, -0.2) is 18.2 Å². The number of rotatable bonds is 5. The van der Waals surface area contributed by atoms with Gasteiger partial charge < -0.3 is 14.6 Å². The first-order valence-corrected chi connectivity index (χ1v) is 8.07. The maximum atomic E-state index is 12.9. The second kappa shape index (κ2) is 7.21. The molecule has 0 fully saturated rings. The Bertz CT molecular complexity index is 872. The van der Waals surface area contributed by atoms with Crippen molar-refractivity contribution in [1.29, 1.82) is 0 Å². The molecule has 0 saturated carbocycles. The maximum absolute atomic E-state index is 12.9. The second-order valence-electron chi connectivity index (χ2n) is 5.77. The number of nitrogens with zero attached hydrogens (tertiary/aromatic N) is 1. The number of carbonyl (C=O) groups excluding carboxylic acids is 1. The number of hydrogen-bond acceptors (Lipinski definition) is 4. The topological polar surface area (TPSA) is 64.4 Å². The highest BCUT2D eigenvalue weighted by Gasteiger charge is 2.23. The zero-order valence-electron chi connectivity index (χ0n) is 14.4. The van der Waals surface area contributed by atoms with Gasteiger partial charge in [0.2, 0.25) is 0 Å². The van der Waals surface area contributed by atoms with Gasteiger partial charge in [0, 0.05) is 11.1 Å². The molecule has 1 atom stereocenters. The zero-order valence-corrected chi connectivity index (χ0v) is 14.4. The smallest absolute Gasteiger partial charge is 0.257 e. The summed E-state index contributed by atoms with van der Waals surface area (Å²) in [4.78, 5) is 12.9. The van der Waals surface area contributed by atoms with Crippen molar-refractivity contribution in [2.75, 3.05) is 7.11 Å². The Morgan fingerprint density at radius 1 is 1.12 bits per heavy atom. The van der Waals surface area contributed by atoms with E-state index in [1.807, 2.05) is 61.5 Å². The molecule has 0 bridgehead atoms. The summed E-state index contributed by atoms with van der Waals surface area (Å²) in [7, 11) is 1.62. The molecule has 128 valence electrons. The third kappa shape index (κ3) is 3.40. The highest BCUT2D eigenvalue weighted by molar-refractivity contribution is 6.01. The van der Waals surface area contributed by atoms with Gasteiger partial charge in [-0.15, -0.1) is 0 Å². The van der Waals surface area contributed by atoms with E-state index in [1.54, 1.807) is 14.0 Å². The van der Waals surface area contributed by atoms with Crippen molar-refractivity contribution in [3.05, 3.63) is 71.5 Å². The van der Waals surface area contributed by atoms with Gasteiger partial charge in [0.15, 0.2) is 0 Å². The van der Waals surface area contributed by atoms with E-state index >= 15 is 0 Å². The van der Waals surface area contributed by atoms with Gasteiger partial charge in [-0.25, -0.2) is 0 Å². The quantitative estimate of drug-likeness (QED) is 0.760. The fourth-order valence-electron chi connectivity index (χ4n) is 2.80. The molecule has 5 heteroatoms. The molecule has 5 nitrogen and oxygen atoms in total. The van der Waals surface area contributed by atoms with Gasteiger partial charge in [0.25, 0.3) is 5.91 Å². The summed E-state index contributed by atoms with van der Waals surface area (Å²) in [5, 5.41) is 7.07. The van der Waals surface area contributed by atoms with Crippen LogP contribution in [0.15, 0.2) is 59.1 Å². The lowest BCUT2D eigenvalue weighted by atomic mass is 10.0. The number of para-hydroxylation sites is 1. The number of amides is 1. The molecule has 0 aliphatic carbocycles. The number of ether oxygens (including phenoxy) is 1. The molecule has 3 rings (SSSR count). The Hall–Kier alpha value is -3.08. The molecule has 0 aliphatic heterocycles. The molecule has 1 heterocycles. The van der Waals surface area contributed by atoms with Gasteiger partial charge in [0.05, 0.1) is 13.2 Å². The van der Waals surface area contributed by atoms with Crippen molar-refractivity contribution in [1.82, 2.24) is 10.5 Å². The number of carbonyl (C=O) groups is 1. The minimum atomic E-state index is -0.226. The van der Waals surface area contributed by atoms with E-state index in [2.05, 4.69) is 10.5 Å². The van der Waals surface area contributed by atoms with E-state index in [9.17, 15) is 4.79 Å². The average Bonchev–Trinajstić information content (AvgIpc) is 3.04. The standard InChI is InChI=1S/C20H20N2O3/c1-13(16-11-7-8-12-17(16)24-3)21-20(23)18-14(2)25-22-19(18)15-9-5-4-6-10-15/h4-13H,1-3H3,(H,21,23). The second-order valence-corrected chi connectivity index (χ2v) is 5.77. The van der Waals surface area contributed by atoms with Crippen molar-refractivity contribution in [2.24, 2.45) is 0 Å². The fourth-order valence-corrected chi connectivity index (χ4v) is 2.80. The van der Waals surface area contributed by atoms with Crippen LogP contribution in [0.25, 0.3) is 11.3 Å². The third-order valence-corrected chi connectivity index (χ3v) is 4.09. The van der Waals surface area contributed by atoms with Crippen molar-refractivity contribution in [3.8, 4) is 17.0 Å². The fraction of sp³-hybridized carbons (Fsp3) is 0.200. The summed E-state index contributed by atoms with van der Waals surface area (Å²) < 4.78 is 10.6. The number of nitrogens with one attached hydrogen (secondary N) is 1. The predicted molar refractivity (Wildman–Crippen MR) is 95.6 cm³/mol. The van der Waals surface area contributed by atoms with Crippen molar-refractivity contribution in [3.63, 3.8) is 0 Å². The van der Waals surface area contributed by atoms with Gasteiger partial charge in [-0.05, 0) is 19.9 Å². The largest absolute Gasteiger partial charge is 0.496 e. The van der Waals surface area contributed by atoms with E-state index < -0.39 is 0 Å². The Labute approximate surface area is 146 Å². The molecule has 0 spiro atoms. The molecule has 25 heavy (non-hydrogen) atoms. The molecule has 1 N–H and O–H groups in total. The summed E-state index contributed by atoms with van der Waals surface area (Å²) in [6.45, 7) is 3.66. The molecular formula is C20H20N2O3. The predicted octanol–water partition coefficient (Wildman–Crippen LogP) is 4.15. The van der Waals surface area contributed by atoms with Crippen LogP contribution in [0.1, 0.15) is 34.6 Å². The minimum absolute atomic E-state index is 0.221. The van der Waals surface area contributed by atoms with Crippen LogP contribution in [0.3, 0.4) is 0 Å². The number of benzene rings is 2. The number of methoxy groups -OCH3 is 1. The van der Waals surface area contributed by atoms with Gasteiger partial charge in [-0.3, -0.25) is 4.79 Å². The van der Waals surface area contributed by atoms with E-state index in [-0.39, 0.29) is 11.9 Å². The van der Waals surface area contributed by atoms with Gasteiger partial charge in [-0.2, -0.15) is 0 Å². The van der Waals surface area contributed by atoms with Crippen molar-refractivity contribution < 1.29 is 14.1 Å². The van der Waals surface area contributed by atoms with Crippen LogP contribution in [0.2, 0.25) is 0 Å². The summed E-state index contributed by atoms with van der Waals surface area (Å²) in [6, 6.07) is 16.9. The minimum Gasteiger partial charge on any atom is -0.496 e. The Morgan fingerprint density at radius 2 is 1.80 bits per heavy atom. The van der Waals surface area contributed by atoms with Crippen molar-refractivity contribution >= 4 is 5.91 Å². The van der Waals surface area contributed by atoms with E-state index in [0.29, 0.717) is 17.0 Å². The van der Waals surface area contributed by atoms with Crippen LogP contribution >= 0.6 is 0 Å². The number of aryl methyl sites for hydroxylation is 1. The molecule has 1 amide bonds. The molecular weight excluding hydrogens is 316 g/mol. The van der Waals surface area contributed by atoms with Crippen LogP contribution in [-0.2, 0) is 0 Å². The Balaban J connectivity index is 1.88. The van der Waals surface area contributed by atoms with Gasteiger partial charge in [0.1, 0.15) is 22.8 Å². The normalized spacial score (nSPS) is 11.8.